The van der Waals surface area contributed by atoms with Gasteiger partial charge in [0.2, 0.25) is 5.89 Å². The Kier molecular flexibility index (Phi) is 4.09. The minimum absolute atomic E-state index is 0.0128. The van der Waals surface area contributed by atoms with Gasteiger partial charge in [-0.1, -0.05) is 0 Å². The maximum atomic E-state index is 13.3. The fraction of sp³-hybridized carbons (Fsp3) is 0.133. The Balaban J connectivity index is 2.39. The highest BCUT2D eigenvalue weighted by Gasteiger charge is 2.43. The first-order valence-electron chi connectivity index (χ1n) is 6.82. The standard InChI is InChI=1S/C15H8BrF6N3O/c16-8-3-11-10(4-9(8)24)25-13(26-11)12-6(14(17,18)19)1-5(23)2-7(12)15(20,21)22/h1-4H,23-24H2. The van der Waals surface area contributed by atoms with Gasteiger partial charge >= 0.3 is 12.4 Å². The highest BCUT2D eigenvalue weighted by atomic mass is 79.9. The zero-order valence-corrected chi connectivity index (χ0v) is 14.1. The largest absolute Gasteiger partial charge is 0.436 e. The Morgan fingerprint density at radius 2 is 1.42 bits per heavy atom. The fourth-order valence-corrected chi connectivity index (χ4v) is 2.74. The molecule has 138 valence electrons. The van der Waals surface area contributed by atoms with Gasteiger partial charge < -0.3 is 15.9 Å². The van der Waals surface area contributed by atoms with Crippen LogP contribution in [0.15, 0.2) is 33.2 Å². The lowest BCUT2D eigenvalue weighted by Gasteiger charge is -2.17. The maximum absolute atomic E-state index is 13.3. The van der Waals surface area contributed by atoms with Crippen LogP contribution < -0.4 is 11.5 Å². The summed E-state index contributed by atoms with van der Waals surface area (Å²) in [7, 11) is 0. The molecular weight excluding hydrogens is 432 g/mol. The molecule has 3 aromatic rings. The second-order valence-corrected chi connectivity index (χ2v) is 6.20. The van der Waals surface area contributed by atoms with E-state index in [1.165, 1.54) is 12.1 Å². The van der Waals surface area contributed by atoms with E-state index in [0.717, 1.165) is 0 Å². The third kappa shape index (κ3) is 3.18. The first-order chi connectivity index (χ1) is 11.9. The first kappa shape index (κ1) is 18.4. The van der Waals surface area contributed by atoms with E-state index in [0.29, 0.717) is 16.6 Å². The lowest BCUT2D eigenvalue weighted by atomic mass is 9.98. The van der Waals surface area contributed by atoms with Gasteiger partial charge in [-0.15, -0.1) is 0 Å². The number of oxazole rings is 1. The molecule has 0 atom stereocenters. The third-order valence-electron chi connectivity index (χ3n) is 3.49. The van der Waals surface area contributed by atoms with E-state index in [1.54, 1.807) is 0 Å². The highest BCUT2D eigenvalue weighted by Crippen LogP contribution is 2.46. The van der Waals surface area contributed by atoms with Crippen LogP contribution in [0.3, 0.4) is 0 Å². The predicted molar refractivity (Wildman–Crippen MR) is 86.0 cm³/mol. The number of benzene rings is 2. The number of halogens is 7. The second-order valence-electron chi connectivity index (χ2n) is 5.35. The summed E-state index contributed by atoms with van der Waals surface area (Å²) < 4.78 is 85.6. The van der Waals surface area contributed by atoms with Crippen LogP contribution in [0, 0.1) is 0 Å². The molecule has 0 fully saturated rings. The highest BCUT2D eigenvalue weighted by molar-refractivity contribution is 9.10. The molecule has 0 saturated heterocycles. The molecule has 0 aliphatic carbocycles. The number of alkyl halides is 6. The smallest absolute Gasteiger partial charge is 0.417 e. The van der Waals surface area contributed by atoms with E-state index < -0.39 is 40.6 Å². The summed E-state index contributed by atoms with van der Waals surface area (Å²) in [6, 6.07) is 3.39. The quantitative estimate of drug-likeness (QED) is 0.389. The topological polar surface area (TPSA) is 78.1 Å². The molecule has 0 bridgehead atoms. The summed E-state index contributed by atoms with van der Waals surface area (Å²) in [6.07, 6.45) is -10.2. The van der Waals surface area contributed by atoms with Crippen LogP contribution >= 0.6 is 15.9 Å². The number of hydrogen-bond acceptors (Lipinski definition) is 4. The van der Waals surface area contributed by atoms with Crippen molar-refractivity contribution in [2.24, 2.45) is 0 Å². The number of hydrogen-bond donors (Lipinski definition) is 2. The van der Waals surface area contributed by atoms with Gasteiger partial charge in [0.05, 0.1) is 16.7 Å². The van der Waals surface area contributed by atoms with Gasteiger partial charge in [-0.05, 0) is 40.2 Å². The van der Waals surface area contributed by atoms with E-state index in [1.807, 2.05) is 0 Å². The van der Waals surface area contributed by atoms with Gasteiger partial charge in [0.25, 0.3) is 0 Å². The molecule has 0 spiro atoms. The summed E-state index contributed by atoms with van der Waals surface area (Å²) in [6.45, 7) is 0. The SMILES string of the molecule is Nc1cc(C(F)(F)F)c(-c2nc3cc(N)c(Br)cc3o2)c(C(F)(F)F)c1. The molecule has 0 radical (unpaired) electrons. The molecule has 11 heteroatoms. The molecule has 1 aromatic heterocycles. The van der Waals surface area contributed by atoms with E-state index >= 15 is 0 Å². The maximum Gasteiger partial charge on any atom is 0.417 e. The number of rotatable bonds is 1. The molecule has 0 aliphatic heterocycles. The third-order valence-corrected chi connectivity index (χ3v) is 4.18. The molecule has 1 heterocycles. The van der Waals surface area contributed by atoms with Crippen molar-refractivity contribution in [1.82, 2.24) is 4.98 Å². The Morgan fingerprint density at radius 3 is 1.92 bits per heavy atom. The Labute approximate surface area is 149 Å². The molecule has 0 saturated carbocycles. The minimum atomic E-state index is -5.11. The van der Waals surface area contributed by atoms with Crippen LogP contribution in [0.25, 0.3) is 22.6 Å². The number of nitrogens with two attached hydrogens (primary N) is 2. The fourth-order valence-electron chi connectivity index (χ4n) is 2.41. The second kappa shape index (κ2) is 5.79. The monoisotopic (exact) mass is 439 g/mol. The van der Waals surface area contributed by atoms with Crippen LogP contribution in [0.4, 0.5) is 37.7 Å². The average molecular weight is 440 g/mol. The lowest BCUT2D eigenvalue weighted by molar-refractivity contribution is -0.142. The molecular formula is C15H8BrF6N3O. The van der Waals surface area contributed by atoms with Gasteiger partial charge in [0.15, 0.2) is 5.58 Å². The average Bonchev–Trinajstić information content (AvgIpc) is 2.87. The van der Waals surface area contributed by atoms with Crippen LogP contribution in [-0.2, 0) is 12.4 Å². The van der Waals surface area contributed by atoms with Crippen molar-refractivity contribution in [2.45, 2.75) is 12.4 Å². The van der Waals surface area contributed by atoms with E-state index in [-0.39, 0.29) is 16.8 Å². The van der Waals surface area contributed by atoms with E-state index in [2.05, 4.69) is 20.9 Å². The summed E-state index contributed by atoms with van der Waals surface area (Å²) in [5, 5.41) is 0. The molecule has 0 aliphatic rings. The normalized spacial score (nSPS) is 12.7. The Bertz CT molecular complexity index is 935. The summed E-state index contributed by atoms with van der Waals surface area (Å²) in [5.41, 5.74) is 5.96. The van der Waals surface area contributed by atoms with Crippen molar-refractivity contribution >= 4 is 38.4 Å². The van der Waals surface area contributed by atoms with Crippen LogP contribution in [0.1, 0.15) is 11.1 Å². The lowest BCUT2D eigenvalue weighted by Crippen LogP contribution is -2.15. The van der Waals surface area contributed by atoms with E-state index in [4.69, 9.17) is 15.9 Å². The molecule has 2 aromatic carbocycles. The predicted octanol–water partition coefficient (Wildman–Crippen LogP) is 5.46. The Morgan fingerprint density at radius 1 is 0.885 bits per heavy atom. The number of nitrogens with zero attached hydrogens (tertiary/aromatic N) is 1. The van der Waals surface area contributed by atoms with Crippen LogP contribution in [0.5, 0.6) is 0 Å². The van der Waals surface area contributed by atoms with E-state index in [9.17, 15) is 26.3 Å². The molecule has 0 unspecified atom stereocenters. The molecule has 4 nitrogen and oxygen atoms in total. The first-order valence-corrected chi connectivity index (χ1v) is 7.61. The van der Waals surface area contributed by atoms with Crippen molar-refractivity contribution in [1.29, 1.82) is 0 Å². The van der Waals surface area contributed by atoms with Crippen molar-refractivity contribution in [3.8, 4) is 11.5 Å². The van der Waals surface area contributed by atoms with Crippen molar-refractivity contribution in [3.05, 3.63) is 39.9 Å². The van der Waals surface area contributed by atoms with Gasteiger partial charge in [-0.25, -0.2) is 4.98 Å². The molecule has 4 N–H and O–H groups in total. The minimum Gasteiger partial charge on any atom is -0.436 e. The van der Waals surface area contributed by atoms with Gasteiger partial charge in [0, 0.05) is 15.8 Å². The van der Waals surface area contributed by atoms with Gasteiger partial charge in [-0.2, -0.15) is 26.3 Å². The molecule has 26 heavy (non-hydrogen) atoms. The number of aromatic nitrogens is 1. The van der Waals surface area contributed by atoms with Gasteiger partial charge in [0.1, 0.15) is 5.52 Å². The van der Waals surface area contributed by atoms with Crippen molar-refractivity contribution in [2.75, 3.05) is 11.5 Å². The summed E-state index contributed by atoms with van der Waals surface area (Å²) in [4.78, 5) is 3.75. The van der Waals surface area contributed by atoms with Gasteiger partial charge in [-0.3, -0.25) is 0 Å². The molecule has 0 amide bonds. The zero-order valence-electron chi connectivity index (χ0n) is 12.5. The number of fused-ring (bicyclic) bond motifs is 1. The van der Waals surface area contributed by atoms with Crippen LogP contribution in [-0.4, -0.2) is 4.98 Å². The number of nitrogen functional groups attached to an aromatic ring is 2. The number of anilines is 2. The van der Waals surface area contributed by atoms with Crippen molar-refractivity contribution < 1.29 is 30.8 Å². The zero-order chi connectivity index (χ0) is 19.4. The van der Waals surface area contributed by atoms with Crippen LogP contribution in [0.2, 0.25) is 0 Å². The Hall–Kier alpha value is -2.43. The van der Waals surface area contributed by atoms with Crippen molar-refractivity contribution in [3.63, 3.8) is 0 Å². The summed E-state index contributed by atoms with van der Waals surface area (Å²) >= 11 is 3.09. The molecule has 3 rings (SSSR count). The summed E-state index contributed by atoms with van der Waals surface area (Å²) in [5.74, 6) is -0.836.